The van der Waals surface area contributed by atoms with E-state index in [9.17, 15) is 19.1 Å². The second-order valence-electron chi connectivity index (χ2n) is 4.90. The van der Waals surface area contributed by atoms with Crippen LogP contribution in [0.15, 0.2) is 30.3 Å². The predicted octanol–water partition coefficient (Wildman–Crippen LogP) is 2.85. The Morgan fingerprint density at radius 2 is 2.00 bits per heavy atom. The molecule has 0 aliphatic heterocycles. The Labute approximate surface area is 123 Å². The third kappa shape index (κ3) is 4.70. The molecule has 0 fully saturated rings. The monoisotopic (exact) mass is 293 g/mol. The maximum Gasteiger partial charge on any atom is 0.311 e. The molecule has 1 aromatic rings. The van der Waals surface area contributed by atoms with Crippen molar-refractivity contribution >= 4 is 18.0 Å². The number of hydrogen-bond acceptors (Lipinski definition) is 2. The molecule has 0 spiro atoms. The molecule has 0 aromatic heterocycles. The van der Waals surface area contributed by atoms with Crippen molar-refractivity contribution in [3.63, 3.8) is 0 Å². The fourth-order valence-electron chi connectivity index (χ4n) is 1.98. The molecule has 1 amide bonds. The SMILES string of the molecule is CCC(CC)(CNC(=O)/C=C/c1cccc(F)c1)C(=O)O. The van der Waals surface area contributed by atoms with Gasteiger partial charge < -0.3 is 10.4 Å². The van der Waals surface area contributed by atoms with Gasteiger partial charge in [-0.2, -0.15) is 0 Å². The minimum Gasteiger partial charge on any atom is -0.481 e. The van der Waals surface area contributed by atoms with Crippen molar-refractivity contribution in [3.8, 4) is 0 Å². The Balaban J connectivity index is 2.63. The molecule has 0 heterocycles. The first-order valence-electron chi connectivity index (χ1n) is 6.88. The van der Waals surface area contributed by atoms with Crippen LogP contribution in [0.4, 0.5) is 4.39 Å². The average Bonchev–Trinajstić information content (AvgIpc) is 2.46. The zero-order valence-electron chi connectivity index (χ0n) is 12.2. The Hall–Kier alpha value is -2.17. The van der Waals surface area contributed by atoms with Crippen molar-refractivity contribution in [2.45, 2.75) is 26.7 Å². The van der Waals surface area contributed by atoms with Gasteiger partial charge in [0, 0.05) is 12.6 Å². The molecule has 0 unspecified atom stereocenters. The van der Waals surface area contributed by atoms with Crippen LogP contribution in [0.1, 0.15) is 32.3 Å². The van der Waals surface area contributed by atoms with Gasteiger partial charge in [0.05, 0.1) is 5.41 Å². The van der Waals surface area contributed by atoms with Gasteiger partial charge in [0.2, 0.25) is 5.91 Å². The number of carboxylic acid groups (broad SMARTS) is 1. The van der Waals surface area contributed by atoms with Gasteiger partial charge in [-0.05, 0) is 36.6 Å². The second-order valence-corrected chi connectivity index (χ2v) is 4.90. The summed E-state index contributed by atoms with van der Waals surface area (Å²) in [6, 6.07) is 5.85. The van der Waals surface area contributed by atoms with Crippen molar-refractivity contribution in [1.82, 2.24) is 5.32 Å². The van der Waals surface area contributed by atoms with Crippen LogP contribution in [0, 0.1) is 11.2 Å². The molecule has 0 aliphatic rings. The van der Waals surface area contributed by atoms with Crippen molar-refractivity contribution in [2.24, 2.45) is 5.41 Å². The Bertz CT molecular complexity index is 536. The molecular weight excluding hydrogens is 273 g/mol. The fraction of sp³-hybridized carbons (Fsp3) is 0.375. The van der Waals surface area contributed by atoms with Gasteiger partial charge in [0.1, 0.15) is 5.82 Å². The molecule has 21 heavy (non-hydrogen) atoms. The van der Waals surface area contributed by atoms with Crippen molar-refractivity contribution in [1.29, 1.82) is 0 Å². The number of carbonyl (C=O) groups is 2. The number of amides is 1. The van der Waals surface area contributed by atoms with Gasteiger partial charge >= 0.3 is 5.97 Å². The van der Waals surface area contributed by atoms with Crippen LogP contribution in [0.5, 0.6) is 0 Å². The van der Waals surface area contributed by atoms with E-state index in [0.29, 0.717) is 18.4 Å². The first kappa shape index (κ1) is 16.9. The molecule has 4 nitrogen and oxygen atoms in total. The number of halogens is 1. The first-order valence-corrected chi connectivity index (χ1v) is 6.88. The van der Waals surface area contributed by atoms with E-state index in [4.69, 9.17) is 0 Å². The topological polar surface area (TPSA) is 66.4 Å². The zero-order chi connectivity index (χ0) is 15.9. The Morgan fingerprint density at radius 3 is 2.52 bits per heavy atom. The first-order chi connectivity index (χ1) is 9.93. The highest BCUT2D eigenvalue weighted by molar-refractivity contribution is 5.92. The van der Waals surface area contributed by atoms with Gasteiger partial charge in [-0.25, -0.2) is 4.39 Å². The van der Waals surface area contributed by atoms with E-state index < -0.39 is 17.3 Å². The molecule has 0 radical (unpaired) electrons. The van der Waals surface area contributed by atoms with E-state index in [2.05, 4.69) is 5.32 Å². The zero-order valence-corrected chi connectivity index (χ0v) is 12.2. The maximum absolute atomic E-state index is 13.0. The predicted molar refractivity (Wildman–Crippen MR) is 79.1 cm³/mol. The van der Waals surface area contributed by atoms with Gasteiger partial charge in [0.15, 0.2) is 0 Å². The van der Waals surface area contributed by atoms with Gasteiger partial charge in [-0.3, -0.25) is 9.59 Å². The van der Waals surface area contributed by atoms with Crippen LogP contribution in [0.2, 0.25) is 0 Å². The normalized spacial score (nSPS) is 11.6. The quantitative estimate of drug-likeness (QED) is 0.760. The summed E-state index contributed by atoms with van der Waals surface area (Å²) in [5.41, 5.74) is -0.372. The summed E-state index contributed by atoms with van der Waals surface area (Å²) in [5.74, 6) is -1.69. The second kappa shape index (κ2) is 7.57. The lowest BCUT2D eigenvalue weighted by atomic mass is 9.82. The minimum absolute atomic E-state index is 0.0711. The van der Waals surface area contributed by atoms with Crippen LogP contribution in [0.3, 0.4) is 0 Å². The third-order valence-electron chi connectivity index (χ3n) is 3.68. The number of carbonyl (C=O) groups excluding carboxylic acids is 1. The van der Waals surface area contributed by atoms with E-state index >= 15 is 0 Å². The maximum atomic E-state index is 13.0. The number of nitrogens with one attached hydrogen (secondary N) is 1. The van der Waals surface area contributed by atoms with Crippen molar-refractivity contribution < 1.29 is 19.1 Å². The van der Waals surface area contributed by atoms with Crippen LogP contribution in [0.25, 0.3) is 6.08 Å². The number of carboxylic acids is 1. The van der Waals surface area contributed by atoms with E-state index in [-0.39, 0.29) is 12.4 Å². The number of hydrogen-bond donors (Lipinski definition) is 2. The van der Waals surface area contributed by atoms with Gasteiger partial charge in [0.25, 0.3) is 0 Å². The molecule has 0 atom stereocenters. The smallest absolute Gasteiger partial charge is 0.311 e. The summed E-state index contributed by atoms with van der Waals surface area (Å²) in [5, 5.41) is 11.9. The molecule has 1 rings (SSSR count). The summed E-state index contributed by atoms with van der Waals surface area (Å²) >= 11 is 0. The molecule has 5 heteroatoms. The van der Waals surface area contributed by atoms with Crippen LogP contribution in [-0.4, -0.2) is 23.5 Å². The molecule has 0 aliphatic carbocycles. The largest absolute Gasteiger partial charge is 0.481 e. The third-order valence-corrected chi connectivity index (χ3v) is 3.68. The van der Waals surface area contributed by atoms with Crippen molar-refractivity contribution in [3.05, 3.63) is 41.7 Å². The number of benzene rings is 1. The Kier molecular flexibility index (Phi) is 6.09. The molecule has 2 N–H and O–H groups in total. The highest BCUT2D eigenvalue weighted by Gasteiger charge is 2.34. The fourth-order valence-corrected chi connectivity index (χ4v) is 1.98. The summed E-state index contributed by atoms with van der Waals surface area (Å²) in [6.45, 7) is 3.64. The lowest BCUT2D eigenvalue weighted by molar-refractivity contribution is -0.149. The number of rotatable bonds is 7. The highest BCUT2D eigenvalue weighted by Crippen LogP contribution is 2.25. The summed E-state index contributed by atoms with van der Waals surface area (Å²) in [6.07, 6.45) is 3.63. The summed E-state index contributed by atoms with van der Waals surface area (Å²) < 4.78 is 13.0. The van der Waals surface area contributed by atoms with E-state index in [1.54, 1.807) is 26.0 Å². The summed E-state index contributed by atoms with van der Waals surface area (Å²) in [7, 11) is 0. The standard InChI is InChI=1S/C16H20FNO3/c1-3-16(4-2,15(20)21)11-18-14(19)9-8-12-6-5-7-13(17)10-12/h5-10H,3-4,11H2,1-2H3,(H,18,19)(H,20,21)/b9-8+. The molecule has 0 bridgehead atoms. The summed E-state index contributed by atoms with van der Waals surface area (Å²) in [4.78, 5) is 23.0. The molecule has 114 valence electrons. The van der Waals surface area contributed by atoms with Crippen LogP contribution < -0.4 is 5.32 Å². The highest BCUT2D eigenvalue weighted by atomic mass is 19.1. The van der Waals surface area contributed by atoms with E-state index in [1.165, 1.54) is 24.3 Å². The molecular formula is C16H20FNO3. The van der Waals surface area contributed by atoms with Gasteiger partial charge in [-0.1, -0.05) is 26.0 Å². The van der Waals surface area contributed by atoms with Gasteiger partial charge in [-0.15, -0.1) is 0 Å². The molecule has 1 aromatic carbocycles. The lowest BCUT2D eigenvalue weighted by Gasteiger charge is -2.26. The average molecular weight is 293 g/mol. The number of aliphatic carboxylic acids is 1. The molecule has 0 saturated carbocycles. The van der Waals surface area contributed by atoms with Crippen LogP contribution in [-0.2, 0) is 9.59 Å². The lowest BCUT2D eigenvalue weighted by Crippen LogP contribution is -2.41. The van der Waals surface area contributed by atoms with Crippen LogP contribution >= 0.6 is 0 Å². The molecule has 0 saturated heterocycles. The van der Waals surface area contributed by atoms with Crippen molar-refractivity contribution in [2.75, 3.05) is 6.54 Å². The van der Waals surface area contributed by atoms with E-state index in [1.807, 2.05) is 0 Å². The minimum atomic E-state index is -0.942. The van der Waals surface area contributed by atoms with E-state index in [0.717, 1.165) is 0 Å². The Morgan fingerprint density at radius 1 is 1.33 bits per heavy atom.